The van der Waals surface area contributed by atoms with Crippen LogP contribution in [0.5, 0.6) is 0 Å². The quantitative estimate of drug-likeness (QED) is 0.779. The molecule has 18 heavy (non-hydrogen) atoms. The second-order valence-corrected chi connectivity index (χ2v) is 5.77. The summed E-state index contributed by atoms with van der Waals surface area (Å²) in [5, 5.41) is 12.7. The van der Waals surface area contributed by atoms with Gasteiger partial charge in [0.2, 0.25) is 0 Å². The van der Waals surface area contributed by atoms with Gasteiger partial charge in [-0.2, -0.15) is 0 Å². The fourth-order valence-electron chi connectivity index (χ4n) is 3.78. The maximum atomic E-state index is 11.0. The molecule has 1 saturated carbocycles. The molecule has 5 nitrogen and oxygen atoms in total. The molecule has 3 rings (SSSR count). The molecule has 0 bridgehead atoms. The zero-order valence-corrected chi connectivity index (χ0v) is 10.7. The maximum absolute atomic E-state index is 11.0. The van der Waals surface area contributed by atoms with E-state index in [1.807, 2.05) is 0 Å². The van der Waals surface area contributed by atoms with Crippen molar-refractivity contribution in [3.05, 3.63) is 0 Å². The largest absolute Gasteiger partial charge is 0.443 e. The van der Waals surface area contributed by atoms with Gasteiger partial charge in [0.25, 0.3) is 0 Å². The molecule has 2 N–H and O–H groups in total. The average Bonchev–Trinajstić information content (AvgIpc) is 3.02. The van der Waals surface area contributed by atoms with Crippen LogP contribution in [0.1, 0.15) is 32.1 Å². The molecule has 0 aromatic carbocycles. The monoisotopic (exact) mass is 254 g/mol. The normalized spacial score (nSPS) is 41.1. The number of amides is 1. The molecule has 1 aliphatic carbocycles. The van der Waals surface area contributed by atoms with Crippen molar-refractivity contribution in [2.24, 2.45) is 5.92 Å². The lowest BCUT2D eigenvalue weighted by atomic mass is 9.94. The lowest BCUT2D eigenvalue weighted by Gasteiger charge is -2.32. The molecule has 5 heteroatoms. The van der Waals surface area contributed by atoms with Crippen molar-refractivity contribution in [2.45, 2.75) is 50.4 Å². The van der Waals surface area contributed by atoms with E-state index in [2.05, 4.69) is 10.2 Å². The Labute approximate surface area is 107 Å². The number of nitrogens with zero attached hydrogens (tertiary/aromatic N) is 1. The molecular formula is C13H22N2O3. The van der Waals surface area contributed by atoms with Crippen molar-refractivity contribution < 1.29 is 14.6 Å². The Morgan fingerprint density at radius 1 is 1.33 bits per heavy atom. The fraction of sp³-hybridized carbons (Fsp3) is 0.923. The molecule has 2 heterocycles. The highest BCUT2D eigenvalue weighted by Crippen LogP contribution is 2.35. The molecule has 4 unspecified atom stereocenters. The number of carbonyl (C=O) groups excluding carboxylic acids is 1. The van der Waals surface area contributed by atoms with Crippen LogP contribution in [-0.2, 0) is 4.74 Å². The predicted octanol–water partition coefficient (Wildman–Crippen LogP) is 0.720. The van der Waals surface area contributed by atoms with Gasteiger partial charge in [0, 0.05) is 18.5 Å². The molecule has 3 fully saturated rings. The summed E-state index contributed by atoms with van der Waals surface area (Å²) in [6.07, 6.45) is 5.18. The third-order valence-corrected chi connectivity index (χ3v) is 4.63. The van der Waals surface area contributed by atoms with Crippen LogP contribution in [0.4, 0.5) is 4.79 Å². The Hall–Kier alpha value is -0.810. The van der Waals surface area contributed by atoms with Crippen molar-refractivity contribution in [1.29, 1.82) is 0 Å². The lowest BCUT2D eigenvalue weighted by Crippen LogP contribution is -2.43. The van der Waals surface area contributed by atoms with E-state index in [1.165, 1.54) is 12.8 Å². The zero-order chi connectivity index (χ0) is 12.5. The maximum Gasteiger partial charge on any atom is 0.407 e. The first-order valence-corrected chi connectivity index (χ1v) is 7.10. The van der Waals surface area contributed by atoms with E-state index in [1.54, 1.807) is 0 Å². The molecule has 0 aromatic rings. The number of carbonyl (C=O) groups is 1. The minimum atomic E-state index is -0.295. The number of alkyl carbamates (subject to hydrolysis) is 1. The van der Waals surface area contributed by atoms with Crippen LogP contribution in [0.3, 0.4) is 0 Å². The number of hydrogen-bond donors (Lipinski definition) is 2. The number of nitrogens with one attached hydrogen (secondary N) is 1. The summed E-state index contributed by atoms with van der Waals surface area (Å²) in [6.45, 7) is 2.50. The molecule has 2 saturated heterocycles. The molecule has 0 aromatic heterocycles. The first-order chi connectivity index (χ1) is 8.74. The number of aliphatic hydroxyl groups excluding tert-OH is 1. The van der Waals surface area contributed by atoms with E-state index >= 15 is 0 Å². The van der Waals surface area contributed by atoms with Gasteiger partial charge in [-0.15, -0.1) is 0 Å². The zero-order valence-electron chi connectivity index (χ0n) is 10.7. The van der Waals surface area contributed by atoms with E-state index in [-0.39, 0.29) is 18.3 Å². The van der Waals surface area contributed by atoms with Crippen LogP contribution in [0.25, 0.3) is 0 Å². The number of aliphatic hydroxyl groups is 1. The van der Waals surface area contributed by atoms with E-state index in [0.29, 0.717) is 18.5 Å². The predicted molar refractivity (Wildman–Crippen MR) is 66.2 cm³/mol. The van der Waals surface area contributed by atoms with Crippen molar-refractivity contribution in [2.75, 3.05) is 19.6 Å². The highest BCUT2D eigenvalue weighted by Gasteiger charge is 2.39. The Balaban J connectivity index is 1.59. The molecule has 102 valence electrons. The number of likely N-dealkylation sites (tertiary alicyclic amines) is 1. The highest BCUT2D eigenvalue weighted by atomic mass is 16.6. The summed E-state index contributed by atoms with van der Waals surface area (Å²) >= 11 is 0. The smallest absolute Gasteiger partial charge is 0.407 e. The number of rotatable bonds is 3. The molecule has 4 atom stereocenters. The lowest BCUT2D eigenvalue weighted by molar-refractivity contribution is 0.0519. The molecule has 2 aliphatic heterocycles. The van der Waals surface area contributed by atoms with Crippen molar-refractivity contribution in [3.8, 4) is 0 Å². The second-order valence-electron chi connectivity index (χ2n) is 5.77. The van der Waals surface area contributed by atoms with Crippen molar-refractivity contribution >= 4 is 6.09 Å². The van der Waals surface area contributed by atoms with Crippen molar-refractivity contribution in [3.63, 3.8) is 0 Å². The number of ether oxygens (including phenoxy) is 1. The average molecular weight is 254 g/mol. The standard InChI is InChI=1S/C13H22N2O3/c16-12-5-1-3-10(12)11-4-2-6-15(11)8-9-7-14-13(17)18-9/h9-12,16H,1-8H2,(H,14,17). The van der Waals surface area contributed by atoms with Gasteiger partial charge in [0.15, 0.2) is 0 Å². The van der Waals surface area contributed by atoms with E-state index < -0.39 is 0 Å². The van der Waals surface area contributed by atoms with Gasteiger partial charge in [-0.25, -0.2) is 4.79 Å². The third kappa shape index (κ3) is 2.34. The van der Waals surface area contributed by atoms with Gasteiger partial charge >= 0.3 is 6.09 Å². The van der Waals surface area contributed by atoms with Crippen LogP contribution >= 0.6 is 0 Å². The summed E-state index contributed by atoms with van der Waals surface area (Å²) in [4.78, 5) is 13.4. The van der Waals surface area contributed by atoms with Crippen molar-refractivity contribution in [1.82, 2.24) is 10.2 Å². The summed E-state index contributed by atoms with van der Waals surface area (Å²) in [7, 11) is 0. The van der Waals surface area contributed by atoms with Gasteiger partial charge in [-0.05, 0) is 32.2 Å². The van der Waals surface area contributed by atoms with Crippen LogP contribution in [0.2, 0.25) is 0 Å². The SMILES string of the molecule is O=C1NCC(CN2CCCC2C2CCCC2O)O1. The molecule has 3 aliphatic rings. The second kappa shape index (κ2) is 5.05. The van der Waals surface area contributed by atoms with E-state index in [0.717, 1.165) is 32.4 Å². The molecule has 0 radical (unpaired) electrons. The minimum absolute atomic E-state index is 0.0170. The van der Waals surface area contributed by atoms with E-state index in [4.69, 9.17) is 4.74 Å². The fourth-order valence-corrected chi connectivity index (χ4v) is 3.78. The van der Waals surface area contributed by atoms with Crippen LogP contribution < -0.4 is 5.32 Å². The Morgan fingerprint density at radius 3 is 2.89 bits per heavy atom. The Bertz CT molecular complexity index is 323. The van der Waals surface area contributed by atoms with Gasteiger partial charge < -0.3 is 15.2 Å². The summed E-state index contributed by atoms with van der Waals surface area (Å²) < 4.78 is 5.21. The number of cyclic esters (lactones) is 1. The first kappa shape index (κ1) is 12.2. The highest BCUT2D eigenvalue weighted by molar-refractivity contribution is 5.69. The topological polar surface area (TPSA) is 61.8 Å². The molecule has 0 spiro atoms. The summed E-state index contributed by atoms with van der Waals surface area (Å²) in [6, 6.07) is 0.488. The molecular weight excluding hydrogens is 232 g/mol. The van der Waals surface area contributed by atoms with Gasteiger partial charge in [-0.3, -0.25) is 4.90 Å². The van der Waals surface area contributed by atoms with Crippen LogP contribution in [0, 0.1) is 5.92 Å². The van der Waals surface area contributed by atoms with Gasteiger partial charge in [0.05, 0.1) is 12.6 Å². The molecule has 1 amide bonds. The van der Waals surface area contributed by atoms with Crippen LogP contribution in [0.15, 0.2) is 0 Å². The summed E-state index contributed by atoms with van der Waals surface area (Å²) in [5.41, 5.74) is 0. The van der Waals surface area contributed by atoms with E-state index in [9.17, 15) is 9.90 Å². The first-order valence-electron chi connectivity index (χ1n) is 7.10. The third-order valence-electron chi connectivity index (χ3n) is 4.63. The Morgan fingerprint density at radius 2 is 2.22 bits per heavy atom. The van der Waals surface area contributed by atoms with Gasteiger partial charge in [-0.1, -0.05) is 6.42 Å². The Kier molecular flexibility index (Phi) is 3.43. The number of hydrogen-bond acceptors (Lipinski definition) is 4. The van der Waals surface area contributed by atoms with Gasteiger partial charge in [0.1, 0.15) is 6.10 Å². The van der Waals surface area contributed by atoms with Crippen LogP contribution in [-0.4, -0.2) is 54.0 Å². The minimum Gasteiger partial charge on any atom is -0.443 e. The summed E-state index contributed by atoms with van der Waals surface area (Å²) in [5.74, 6) is 0.428.